The van der Waals surface area contributed by atoms with Gasteiger partial charge in [0.15, 0.2) is 0 Å². The second kappa shape index (κ2) is 8.24. The lowest BCUT2D eigenvalue weighted by atomic mass is 9.97. The van der Waals surface area contributed by atoms with Crippen molar-refractivity contribution in [2.45, 2.75) is 39.2 Å². The van der Waals surface area contributed by atoms with E-state index in [2.05, 4.69) is 10.4 Å². The molecule has 2 aromatic rings. The van der Waals surface area contributed by atoms with Gasteiger partial charge in [-0.1, -0.05) is 18.2 Å². The molecular formula is C20H26N4O3. The number of carbonyl (C=O) groups excluding carboxylic acids is 1. The Labute approximate surface area is 159 Å². The van der Waals surface area contributed by atoms with Crippen molar-refractivity contribution in [2.75, 3.05) is 13.1 Å². The summed E-state index contributed by atoms with van der Waals surface area (Å²) >= 11 is 0. The molecule has 2 heterocycles. The van der Waals surface area contributed by atoms with Crippen LogP contribution in [0.25, 0.3) is 5.69 Å². The lowest BCUT2D eigenvalue weighted by molar-refractivity contribution is -0.143. The molecule has 1 saturated heterocycles. The van der Waals surface area contributed by atoms with Crippen LogP contribution in [0.2, 0.25) is 0 Å². The molecule has 2 amide bonds. The molecule has 27 heavy (non-hydrogen) atoms. The highest BCUT2D eigenvalue weighted by molar-refractivity contribution is 5.75. The van der Waals surface area contributed by atoms with Crippen LogP contribution < -0.4 is 5.32 Å². The summed E-state index contributed by atoms with van der Waals surface area (Å²) in [5.41, 5.74) is 2.97. The average Bonchev–Trinajstić information content (AvgIpc) is 3.02. The lowest BCUT2D eigenvalue weighted by Gasteiger charge is -2.31. The van der Waals surface area contributed by atoms with Crippen LogP contribution in [0.4, 0.5) is 4.79 Å². The lowest BCUT2D eigenvalue weighted by Crippen LogP contribution is -2.48. The van der Waals surface area contributed by atoms with Gasteiger partial charge in [-0.3, -0.25) is 4.79 Å². The standard InChI is InChI=1S/C20H26N4O3/c1-14(21-20(27)23-10-8-16(9-11-23)19(25)26)12-18-13-15(2)22-24(18)17-6-4-3-5-7-17/h3-7,13-14,16H,8-12H2,1-2H3,(H,21,27)(H,25,26). The number of rotatable bonds is 5. The van der Waals surface area contributed by atoms with Crippen molar-refractivity contribution in [3.05, 3.63) is 47.8 Å². The quantitative estimate of drug-likeness (QED) is 0.847. The van der Waals surface area contributed by atoms with E-state index in [-0.39, 0.29) is 18.0 Å². The van der Waals surface area contributed by atoms with Crippen LogP contribution in [0.15, 0.2) is 36.4 Å². The maximum Gasteiger partial charge on any atom is 0.317 e. The SMILES string of the molecule is Cc1cc(CC(C)NC(=O)N2CCC(C(=O)O)CC2)n(-c2ccccc2)n1. The minimum absolute atomic E-state index is 0.0618. The zero-order chi connectivity index (χ0) is 19.4. The largest absolute Gasteiger partial charge is 0.481 e. The summed E-state index contributed by atoms with van der Waals surface area (Å²) in [5.74, 6) is -1.11. The molecule has 1 aromatic carbocycles. The number of aryl methyl sites for hydroxylation is 1. The van der Waals surface area contributed by atoms with Crippen molar-refractivity contribution in [1.82, 2.24) is 20.0 Å². The van der Waals surface area contributed by atoms with E-state index in [1.165, 1.54) is 0 Å². The molecule has 3 rings (SSSR count). The number of piperidine rings is 1. The fourth-order valence-corrected chi connectivity index (χ4v) is 3.49. The molecular weight excluding hydrogens is 344 g/mol. The summed E-state index contributed by atoms with van der Waals surface area (Å²) in [6.07, 6.45) is 1.68. The molecule has 7 nitrogen and oxygen atoms in total. The van der Waals surface area contributed by atoms with Crippen molar-refractivity contribution in [3.63, 3.8) is 0 Å². The summed E-state index contributed by atoms with van der Waals surface area (Å²) in [6.45, 7) is 4.89. The van der Waals surface area contributed by atoms with Crippen LogP contribution in [0, 0.1) is 12.8 Å². The predicted molar refractivity (Wildman–Crippen MR) is 102 cm³/mol. The van der Waals surface area contributed by atoms with Crippen molar-refractivity contribution in [2.24, 2.45) is 5.92 Å². The first kappa shape index (κ1) is 18.9. The molecule has 0 bridgehead atoms. The maximum atomic E-state index is 12.5. The Morgan fingerprint density at radius 2 is 1.93 bits per heavy atom. The fraction of sp³-hybridized carbons (Fsp3) is 0.450. The van der Waals surface area contributed by atoms with Gasteiger partial charge in [-0.15, -0.1) is 0 Å². The average molecular weight is 370 g/mol. The third-order valence-corrected chi connectivity index (χ3v) is 4.92. The van der Waals surface area contributed by atoms with Gasteiger partial charge in [0, 0.05) is 31.2 Å². The number of aliphatic carboxylic acids is 1. The van der Waals surface area contributed by atoms with E-state index < -0.39 is 5.97 Å². The number of nitrogens with zero attached hydrogens (tertiary/aromatic N) is 3. The normalized spacial score (nSPS) is 16.1. The number of hydrogen-bond acceptors (Lipinski definition) is 3. The number of amides is 2. The zero-order valence-electron chi connectivity index (χ0n) is 15.8. The van der Waals surface area contributed by atoms with E-state index >= 15 is 0 Å². The first-order valence-electron chi connectivity index (χ1n) is 9.33. The minimum atomic E-state index is -0.770. The van der Waals surface area contributed by atoms with Crippen molar-refractivity contribution >= 4 is 12.0 Å². The molecule has 144 valence electrons. The Bertz CT molecular complexity index is 795. The number of carboxylic acids is 1. The number of carboxylic acid groups (broad SMARTS) is 1. The van der Waals surface area contributed by atoms with E-state index in [9.17, 15) is 9.59 Å². The monoisotopic (exact) mass is 370 g/mol. The third-order valence-electron chi connectivity index (χ3n) is 4.92. The summed E-state index contributed by atoms with van der Waals surface area (Å²) in [5, 5.41) is 16.7. The second-order valence-electron chi connectivity index (χ2n) is 7.18. The van der Waals surface area contributed by atoms with Gasteiger partial charge < -0.3 is 15.3 Å². The van der Waals surface area contributed by atoms with Crippen LogP contribution in [-0.2, 0) is 11.2 Å². The minimum Gasteiger partial charge on any atom is -0.481 e. The Kier molecular flexibility index (Phi) is 5.78. The van der Waals surface area contributed by atoms with E-state index in [0.717, 1.165) is 17.1 Å². The van der Waals surface area contributed by atoms with Crippen LogP contribution in [0.5, 0.6) is 0 Å². The van der Waals surface area contributed by atoms with Crippen LogP contribution in [0.3, 0.4) is 0 Å². The summed E-state index contributed by atoms with van der Waals surface area (Å²) < 4.78 is 1.91. The number of urea groups is 1. The summed E-state index contributed by atoms with van der Waals surface area (Å²) in [6, 6.07) is 11.8. The fourth-order valence-electron chi connectivity index (χ4n) is 3.49. The van der Waals surface area contributed by atoms with Crippen molar-refractivity contribution in [1.29, 1.82) is 0 Å². The Hall–Kier alpha value is -2.83. The number of benzene rings is 1. The van der Waals surface area contributed by atoms with E-state index in [4.69, 9.17) is 5.11 Å². The number of carbonyl (C=O) groups is 2. The highest BCUT2D eigenvalue weighted by Gasteiger charge is 2.27. The second-order valence-corrected chi connectivity index (χ2v) is 7.18. The van der Waals surface area contributed by atoms with Gasteiger partial charge in [0.05, 0.1) is 17.3 Å². The van der Waals surface area contributed by atoms with Crippen molar-refractivity contribution < 1.29 is 14.7 Å². The maximum absolute atomic E-state index is 12.5. The van der Waals surface area contributed by atoms with Gasteiger partial charge in [0.2, 0.25) is 0 Å². The molecule has 1 aromatic heterocycles. The van der Waals surface area contributed by atoms with Crippen molar-refractivity contribution in [3.8, 4) is 5.69 Å². The number of likely N-dealkylation sites (tertiary alicyclic amines) is 1. The number of aromatic nitrogens is 2. The topological polar surface area (TPSA) is 87.5 Å². The highest BCUT2D eigenvalue weighted by atomic mass is 16.4. The van der Waals surface area contributed by atoms with Crippen LogP contribution in [-0.4, -0.2) is 50.9 Å². The molecule has 1 fully saturated rings. The smallest absolute Gasteiger partial charge is 0.317 e. The molecule has 2 N–H and O–H groups in total. The van der Waals surface area contributed by atoms with Gasteiger partial charge in [-0.05, 0) is 44.9 Å². The van der Waals surface area contributed by atoms with Gasteiger partial charge in [0.1, 0.15) is 0 Å². The molecule has 0 aliphatic carbocycles. The van der Waals surface area contributed by atoms with E-state index in [1.54, 1.807) is 4.90 Å². The molecule has 0 saturated carbocycles. The first-order valence-corrected chi connectivity index (χ1v) is 9.33. The number of nitrogens with one attached hydrogen (secondary N) is 1. The van der Waals surface area contributed by atoms with Crippen LogP contribution >= 0.6 is 0 Å². The van der Waals surface area contributed by atoms with Gasteiger partial charge >= 0.3 is 12.0 Å². The summed E-state index contributed by atoms with van der Waals surface area (Å²) in [7, 11) is 0. The molecule has 1 aliphatic heterocycles. The van der Waals surface area contributed by atoms with Gasteiger partial charge in [-0.25, -0.2) is 9.48 Å². The van der Waals surface area contributed by atoms with E-state index in [1.807, 2.05) is 54.9 Å². The molecule has 1 unspecified atom stereocenters. The predicted octanol–water partition coefficient (Wildman–Crippen LogP) is 2.62. The highest BCUT2D eigenvalue weighted by Crippen LogP contribution is 2.18. The third kappa shape index (κ3) is 4.67. The molecule has 0 spiro atoms. The zero-order valence-corrected chi connectivity index (χ0v) is 15.8. The first-order chi connectivity index (χ1) is 12.9. The molecule has 0 radical (unpaired) electrons. The Balaban J connectivity index is 1.59. The Morgan fingerprint density at radius 3 is 2.56 bits per heavy atom. The number of para-hydroxylation sites is 1. The van der Waals surface area contributed by atoms with E-state index in [0.29, 0.717) is 32.4 Å². The summed E-state index contributed by atoms with van der Waals surface area (Å²) in [4.78, 5) is 25.2. The molecule has 1 aliphatic rings. The van der Waals surface area contributed by atoms with Gasteiger partial charge in [-0.2, -0.15) is 5.10 Å². The molecule has 7 heteroatoms. The molecule has 1 atom stereocenters. The van der Waals surface area contributed by atoms with Gasteiger partial charge in [0.25, 0.3) is 0 Å². The number of hydrogen-bond donors (Lipinski definition) is 2. The Morgan fingerprint density at radius 1 is 1.26 bits per heavy atom. The van der Waals surface area contributed by atoms with Crippen LogP contribution in [0.1, 0.15) is 31.2 Å².